The molecule has 1 aliphatic rings. The van der Waals surface area contributed by atoms with Crippen LogP contribution in [0, 0.1) is 11.7 Å². The quantitative estimate of drug-likeness (QED) is 0.818. The summed E-state index contributed by atoms with van der Waals surface area (Å²) in [6.07, 6.45) is 4.18. The molecule has 0 fully saturated rings. The van der Waals surface area contributed by atoms with Gasteiger partial charge in [0.25, 0.3) is 0 Å². The van der Waals surface area contributed by atoms with Crippen molar-refractivity contribution < 1.29 is 13.9 Å². The van der Waals surface area contributed by atoms with Gasteiger partial charge in [-0.3, -0.25) is 4.79 Å². The molecule has 0 saturated heterocycles. The van der Waals surface area contributed by atoms with Crippen molar-refractivity contribution in [3.63, 3.8) is 0 Å². The Morgan fingerprint density at radius 2 is 2.32 bits per heavy atom. The minimum Gasteiger partial charge on any atom is -0.491 e. The molecule has 3 N–H and O–H groups in total. The van der Waals surface area contributed by atoms with E-state index in [1.807, 2.05) is 6.08 Å². The van der Waals surface area contributed by atoms with Gasteiger partial charge in [-0.15, -0.1) is 0 Å². The summed E-state index contributed by atoms with van der Waals surface area (Å²) in [5.41, 5.74) is 6.11. The number of amides is 1. The summed E-state index contributed by atoms with van der Waals surface area (Å²) >= 11 is 0. The van der Waals surface area contributed by atoms with Crippen LogP contribution < -0.4 is 15.8 Å². The fourth-order valence-corrected chi connectivity index (χ4v) is 2.01. The molecule has 102 valence electrons. The molecule has 0 heterocycles. The Kier molecular flexibility index (Phi) is 4.16. The maximum Gasteiger partial charge on any atom is 0.231 e. The molecule has 4 nitrogen and oxygen atoms in total. The lowest BCUT2D eigenvalue weighted by molar-refractivity contribution is -0.118. The van der Waals surface area contributed by atoms with Gasteiger partial charge in [0.15, 0.2) is 11.6 Å². The van der Waals surface area contributed by atoms with Crippen LogP contribution in [0.4, 0.5) is 10.1 Å². The zero-order valence-electron chi connectivity index (χ0n) is 10.7. The molecule has 1 aromatic carbocycles. The van der Waals surface area contributed by atoms with Gasteiger partial charge in [-0.25, -0.2) is 4.39 Å². The van der Waals surface area contributed by atoms with E-state index in [0.717, 1.165) is 0 Å². The molecular formula is C14H17FN2O2. The number of carbonyl (C=O) groups excluding carboxylic acids is 1. The Balaban J connectivity index is 2.01. The number of nitrogens with two attached hydrogens (primary N) is 1. The maximum atomic E-state index is 13.6. The van der Waals surface area contributed by atoms with Crippen molar-refractivity contribution in [3.8, 4) is 5.75 Å². The smallest absolute Gasteiger partial charge is 0.231 e. The topological polar surface area (TPSA) is 64.3 Å². The van der Waals surface area contributed by atoms with E-state index in [9.17, 15) is 9.18 Å². The molecule has 0 radical (unpaired) electrons. The van der Waals surface area contributed by atoms with Crippen LogP contribution in [-0.2, 0) is 4.79 Å². The van der Waals surface area contributed by atoms with E-state index in [2.05, 4.69) is 5.32 Å². The fraction of sp³-hybridized carbons (Fsp3) is 0.357. The highest BCUT2D eigenvalue weighted by atomic mass is 19.1. The van der Waals surface area contributed by atoms with Crippen LogP contribution in [0.3, 0.4) is 0 Å². The normalized spacial score (nSPS) is 21.4. The number of halogens is 1. The van der Waals surface area contributed by atoms with E-state index in [1.54, 1.807) is 19.1 Å². The van der Waals surface area contributed by atoms with Crippen molar-refractivity contribution in [1.82, 2.24) is 0 Å². The minimum atomic E-state index is -0.488. The average Bonchev–Trinajstić information content (AvgIpc) is 2.80. The molecule has 5 heteroatoms. The zero-order valence-corrected chi connectivity index (χ0v) is 10.7. The van der Waals surface area contributed by atoms with E-state index in [-0.39, 0.29) is 23.6 Å². The molecule has 0 aromatic heterocycles. The highest BCUT2D eigenvalue weighted by Crippen LogP contribution is 2.23. The molecule has 0 saturated carbocycles. The summed E-state index contributed by atoms with van der Waals surface area (Å²) < 4.78 is 18.7. The average molecular weight is 264 g/mol. The summed E-state index contributed by atoms with van der Waals surface area (Å²) in [6, 6.07) is 4.30. The van der Waals surface area contributed by atoms with Crippen LogP contribution in [0.5, 0.6) is 5.75 Å². The summed E-state index contributed by atoms with van der Waals surface area (Å²) in [7, 11) is 0. The van der Waals surface area contributed by atoms with E-state index >= 15 is 0 Å². The van der Waals surface area contributed by atoms with E-state index in [4.69, 9.17) is 10.5 Å². The van der Waals surface area contributed by atoms with Gasteiger partial charge in [-0.1, -0.05) is 12.2 Å². The van der Waals surface area contributed by atoms with Crippen molar-refractivity contribution in [2.24, 2.45) is 11.7 Å². The van der Waals surface area contributed by atoms with Crippen LogP contribution in [0.15, 0.2) is 30.4 Å². The third-order valence-electron chi connectivity index (χ3n) is 2.95. The molecule has 0 spiro atoms. The SMILES string of the molecule is CCOc1ccc(NC(=O)C2C=CC(N)C2)cc1F. The van der Waals surface area contributed by atoms with Gasteiger partial charge in [-0.05, 0) is 25.5 Å². The molecule has 2 rings (SSSR count). The first-order valence-corrected chi connectivity index (χ1v) is 6.27. The lowest BCUT2D eigenvalue weighted by atomic mass is 10.1. The van der Waals surface area contributed by atoms with Gasteiger partial charge in [0.05, 0.1) is 12.5 Å². The number of ether oxygens (including phenoxy) is 1. The summed E-state index contributed by atoms with van der Waals surface area (Å²) in [5.74, 6) is -0.723. The zero-order chi connectivity index (χ0) is 13.8. The monoisotopic (exact) mass is 264 g/mol. The molecule has 0 aliphatic heterocycles. The van der Waals surface area contributed by atoms with Gasteiger partial charge < -0.3 is 15.8 Å². The van der Waals surface area contributed by atoms with E-state index < -0.39 is 5.82 Å². The Morgan fingerprint density at radius 1 is 1.53 bits per heavy atom. The molecule has 1 aromatic rings. The van der Waals surface area contributed by atoms with Crippen LogP contribution in [0.1, 0.15) is 13.3 Å². The Bertz CT molecular complexity index is 502. The van der Waals surface area contributed by atoms with Crippen molar-refractivity contribution in [2.45, 2.75) is 19.4 Å². The minimum absolute atomic E-state index is 0.0761. The second-order valence-electron chi connectivity index (χ2n) is 4.46. The van der Waals surface area contributed by atoms with Crippen LogP contribution >= 0.6 is 0 Å². The maximum absolute atomic E-state index is 13.6. The molecule has 19 heavy (non-hydrogen) atoms. The number of hydrogen-bond donors (Lipinski definition) is 2. The molecule has 1 aliphatic carbocycles. The molecule has 2 unspecified atom stereocenters. The Morgan fingerprint density at radius 3 is 2.89 bits per heavy atom. The second-order valence-corrected chi connectivity index (χ2v) is 4.46. The van der Waals surface area contributed by atoms with Crippen LogP contribution in [0.25, 0.3) is 0 Å². The number of rotatable bonds is 4. The molecular weight excluding hydrogens is 247 g/mol. The van der Waals surface area contributed by atoms with Gasteiger partial charge >= 0.3 is 0 Å². The first kappa shape index (κ1) is 13.5. The van der Waals surface area contributed by atoms with Crippen molar-refractivity contribution in [3.05, 3.63) is 36.2 Å². The molecule has 2 atom stereocenters. The summed E-state index contributed by atoms with van der Waals surface area (Å²) in [6.45, 7) is 2.18. The van der Waals surface area contributed by atoms with Gasteiger partial charge in [0, 0.05) is 17.8 Å². The number of nitrogens with one attached hydrogen (secondary N) is 1. The number of carbonyl (C=O) groups is 1. The van der Waals surface area contributed by atoms with Gasteiger partial charge in [0.1, 0.15) is 0 Å². The number of anilines is 1. The van der Waals surface area contributed by atoms with Crippen molar-refractivity contribution in [1.29, 1.82) is 0 Å². The molecule has 1 amide bonds. The highest BCUT2D eigenvalue weighted by molar-refractivity contribution is 5.94. The lowest BCUT2D eigenvalue weighted by Gasteiger charge is -2.11. The number of benzene rings is 1. The van der Waals surface area contributed by atoms with Crippen LogP contribution in [-0.4, -0.2) is 18.6 Å². The second kappa shape index (κ2) is 5.84. The largest absolute Gasteiger partial charge is 0.491 e. The Labute approximate surface area is 111 Å². The first-order chi connectivity index (χ1) is 9.10. The van der Waals surface area contributed by atoms with E-state index in [1.165, 1.54) is 12.1 Å². The predicted octanol–water partition coefficient (Wildman–Crippen LogP) is 2.07. The van der Waals surface area contributed by atoms with E-state index in [0.29, 0.717) is 18.7 Å². The fourth-order valence-electron chi connectivity index (χ4n) is 2.01. The highest BCUT2D eigenvalue weighted by Gasteiger charge is 2.22. The third kappa shape index (κ3) is 3.32. The standard InChI is InChI=1S/C14H17FN2O2/c1-2-19-13-6-5-11(8-12(13)15)17-14(18)9-3-4-10(16)7-9/h3-6,8-10H,2,7,16H2,1H3,(H,17,18). The third-order valence-corrected chi connectivity index (χ3v) is 2.95. The molecule has 0 bridgehead atoms. The first-order valence-electron chi connectivity index (χ1n) is 6.27. The lowest BCUT2D eigenvalue weighted by Crippen LogP contribution is -2.24. The summed E-state index contributed by atoms with van der Waals surface area (Å²) in [4.78, 5) is 11.9. The van der Waals surface area contributed by atoms with Crippen molar-refractivity contribution >= 4 is 11.6 Å². The predicted molar refractivity (Wildman–Crippen MR) is 71.4 cm³/mol. The number of hydrogen-bond acceptors (Lipinski definition) is 3. The van der Waals surface area contributed by atoms with Crippen LogP contribution in [0.2, 0.25) is 0 Å². The van der Waals surface area contributed by atoms with Gasteiger partial charge in [0.2, 0.25) is 5.91 Å². The van der Waals surface area contributed by atoms with Gasteiger partial charge in [-0.2, -0.15) is 0 Å². The Hall–Kier alpha value is -1.88. The van der Waals surface area contributed by atoms with Crippen molar-refractivity contribution in [2.75, 3.05) is 11.9 Å². The summed E-state index contributed by atoms with van der Waals surface area (Å²) in [5, 5.41) is 2.67.